The molecule has 0 bridgehead atoms. The highest BCUT2D eigenvalue weighted by Gasteiger charge is 2.35. The Kier molecular flexibility index (Phi) is 6.03. The van der Waals surface area contributed by atoms with Gasteiger partial charge in [-0.15, -0.1) is 0 Å². The number of sulfone groups is 1. The molecule has 0 spiro atoms. The molecule has 4 nitrogen and oxygen atoms in total. The fraction of sp³-hybridized carbons (Fsp3) is 0.562. The first kappa shape index (κ1) is 18.2. The molecule has 1 aliphatic rings. The topological polar surface area (TPSA) is 54.5 Å². The number of rotatable bonds is 6. The van der Waals surface area contributed by atoms with Gasteiger partial charge in [0.15, 0.2) is 9.84 Å². The molecule has 2 rings (SSSR count). The fourth-order valence-electron chi connectivity index (χ4n) is 2.77. The van der Waals surface area contributed by atoms with E-state index in [1.807, 2.05) is 6.92 Å². The summed E-state index contributed by atoms with van der Waals surface area (Å²) in [6.45, 7) is 1.99. The summed E-state index contributed by atoms with van der Waals surface area (Å²) in [6, 6.07) is 3.96. The predicted molar refractivity (Wildman–Crippen MR) is 88.5 cm³/mol. The van der Waals surface area contributed by atoms with E-state index in [0.717, 1.165) is 12.8 Å². The van der Waals surface area contributed by atoms with Crippen LogP contribution in [0.15, 0.2) is 18.2 Å². The highest BCUT2D eigenvalue weighted by molar-refractivity contribution is 7.91. The number of hydrogen-bond donors (Lipinski definition) is 0. The highest BCUT2D eigenvalue weighted by Crippen LogP contribution is 2.26. The Morgan fingerprint density at radius 3 is 2.74 bits per heavy atom. The molecule has 1 heterocycles. The van der Waals surface area contributed by atoms with Crippen molar-refractivity contribution in [1.82, 2.24) is 4.90 Å². The lowest BCUT2D eigenvalue weighted by Gasteiger charge is -2.29. The van der Waals surface area contributed by atoms with E-state index in [4.69, 9.17) is 11.6 Å². The second kappa shape index (κ2) is 7.62. The van der Waals surface area contributed by atoms with Crippen molar-refractivity contribution < 1.29 is 17.6 Å². The molecular weight excluding hydrogens is 341 g/mol. The predicted octanol–water partition coefficient (Wildman–Crippen LogP) is 3.19. The molecular formula is C16H21ClFNO3S. The molecule has 1 aromatic rings. The van der Waals surface area contributed by atoms with Crippen LogP contribution in [0.4, 0.5) is 4.39 Å². The van der Waals surface area contributed by atoms with Gasteiger partial charge in [0, 0.05) is 23.0 Å². The molecule has 1 atom stereocenters. The fourth-order valence-corrected chi connectivity index (χ4v) is 4.72. The lowest BCUT2D eigenvalue weighted by molar-refractivity contribution is -0.133. The molecule has 7 heteroatoms. The molecule has 1 saturated heterocycles. The van der Waals surface area contributed by atoms with E-state index in [1.165, 1.54) is 17.0 Å². The number of amides is 1. The smallest absolute Gasteiger partial charge is 0.223 e. The lowest BCUT2D eigenvalue weighted by atomic mass is 10.1. The van der Waals surface area contributed by atoms with E-state index in [9.17, 15) is 17.6 Å². The number of carbonyl (C=O) groups is 1. The number of halogens is 2. The van der Waals surface area contributed by atoms with Crippen molar-refractivity contribution in [3.8, 4) is 0 Å². The van der Waals surface area contributed by atoms with E-state index in [-0.39, 0.29) is 34.5 Å². The molecule has 1 unspecified atom stereocenters. The summed E-state index contributed by atoms with van der Waals surface area (Å²) in [5.41, 5.74) is 0.239. The molecule has 1 aromatic carbocycles. The summed E-state index contributed by atoms with van der Waals surface area (Å²) < 4.78 is 37.5. The Morgan fingerprint density at radius 1 is 1.43 bits per heavy atom. The van der Waals surface area contributed by atoms with Gasteiger partial charge >= 0.3 is 0 Å². The van der Waals surface area contributed by atoms with Gasteiger partial charge in [0.05, 0.1) is 18.1 Å². The van der Waals surface area contributed by atoms with E-state index in [2.05, 4.69) is 0 Å². The maximum Gasteiger partial charge on any atom is 0.223 e. The van der Waals surface area contributed by atoms with Crippen molar-refractivity contribution in [2.75, 3.05) is 11.5 Å². The average Bonchev–Trinajstić information content (AvgIpc) is 2.84. The first-order chi connectivity index (χ1) is 10.8. The Hall–Kier alpha value is -1.14. The highest BCUT2D eigenvalue weighted by atomic mass is 35.5. The second-order valence-corrected chi connectivity index (χ2v) is 8.52. The van der Waals surface area contributed by atoms with Crippen LogP contribution >= 0.6 is 11.6 Å². The number of unbranched alkanes of at least 4 members (excludes halogenated alkanes) is 1. The van der Waals surface area contributed by atoms with Crippen LogP contribution in [0.5, 0.6) is 0 Å². The quantitative estimate of drug-likeness (QED) is 0.781. The third-order valence-electron chi connectivity index (χ3n) is 4.10. The van der Waals surface area contributed by atoms with Gasteiger partial charge in [-0.2, -0.15) is 0 Å². The lowest BCUT2D eigenvalue weighted by Crippen LogP contribution is -2.40. The Balaban J connectivity index is 2.25. The molecule has 128 valence electrons. The van der Waals surface area contributed by atoms with Crippen LogP contribution in [-0.2, 0) is 21.2 Å². The number of carbonyl (C=O) groups excluding carboxylic acids is 1. The number of hydrogen-bond acceptors (Lipinski definition) is 3. The molecule has 1 fully saturated rings. The van der Waals surface area contributed by atoms with Gasteiger partial charge in [0.25, 0.3) is 0 Å². The maximum absolute atomic E-state index is 14.0. The third-order valence-corrected chi connectivity index (χ3v) is 6.21. The zero-order valence-corrected chi connectivity index (χ0v) is 14.7. The molecule has 1 amide bonds. The SMILES string of the molecule is CCCCC(=O)N(Cc1c(F)cccc1Cl)C1CCS(=O)(=O)C1. The first-order valence-electron chi connectivity index (χ1n) is 7.77. The average molecular weight is 362 g/mol. The Bertz CT molecular complexity index is 658. The summed E-state index contributed by atoms with van der Waals surface area (Å²) in [7, 11) is -3.13. The molecule has 0 radical (unpaired) electrons. The largest absolute Gasteiger partial charge is 0.334 e. The van der Waals surface area contributed by atoms with E-state index >= 15 is 0 Å². The standard InChI is InChI=1S/C16H21ClFNO3S/c1-2-3-7-16(20)19(12-8-9-23(21,22)11-12)10-13-14(17)5-4-6-15(13)18/h4-6,12H,2-3,7-11H2,1H3. The second-order valence-electron chi connectivity index (χ2n) is 5.88. The van der Waals surface area contributed by atoms with Crippen molar-refractivity contribution >= 4 is 27.3 Å². The molecule has 1 aliphatic heterocycles. The van der Waals surface area contributed by atoms with Crippen LogP contribution in [0.25, 0.3) is 0 Å². The van der Waals surface area contributed by atoms with Crippen molar-refractivity contribution in [3.63, 3.8) is 0 Å². The summed E-state index contributed by atoms with van der Waals surface area (Å²) in [4.78, 5) is 14.0. The zero-order valence-electron chi connectivity index (χ0n) is 13.1. The van der Waals surface area contributed by atoms with E-state index < -0.39 is 21.7 Å². The Morgan fingerprint density at radius 2 is 2.17 bits per heavy atom. The van der Waals surface area contributed by atoms with Gasteiger partial charge in [-0.1, -0.05) is 31.0 Å². The van der Waals surface area contributed by atoms with Crippen LogP contribution < -0.4 is 0 Å². The minimum atomic E-state index is -3.13. The monoisotopic (exact) mass is 361 g/mol. The van der Waals surface area contributed by atoms with Gasteiger partial charge in [0.2, 0.25) is 5.91 Å². The van der Waals surface area contributed by atoms with Crippen LogP contribution in [-0.4, -0.2) is 36.8 Å². The van der Waals surface area contributed by atoms with Gasteiger partial charge in [-0.3, -0.25) is 4.79 Å². The summed E-state index contributed by atoms with van der Waals surface area (Å²) in [5, 5.41) is 0.249. The number of nitrogens with zero attached hydrogens (tertiary/aromatic N) is 1. The maximum atomic E-state index is 14.0. The molecule has 0 aliphatic carbocycles. The van der Waals surface area contributed by atoms with Crippen LogP contribution in [0.1, 0.15) is 38.2 Å². The normalized spacial score (nSPS) is 19.7. The van der Waals surface area contributed by atoms with Crippen molar-refractivity contribution in [2.24, 2.45) is 0 Å². The Labute approximate surface area is 141 Å². The van der Waals surface area contributed by atoms with E-state index in [1.54, 1.807) is 6.07 Å². The van der Waals surface area contributed by atoms with Gasteiger partial charge in [0.1, 0.15) is 5.82 Å². The van der Waals surface area contributed by atoms with Crippen molar-refractivity contribution in [2.45, 2.75) is 45.2 Å². The molecule has 0 saturated carbocycles. The van der Waals surface area contributed by atoms with Crippen LogP contribution in [0.2, 0.25) is 5.02 Å². The minimum absolute atomic E-state index is 0.00818. The summed E-state index contributed by atoms with van der Waals surface area (Å²) >= 11 is 6.05. The van der Waals surface area contributed by atoms with Crippen LogP contribution in [0.3, 0.4) is 0 Å². The van der Waals surface area contributed by atoms with Gasteiger partial charge in [-0.05, 0) is 25.0 Å². The van der Waals surface area contributed by atoms with Gasteiger partial charge < -0.3 is 4.90 Å². The zero-order chi connectivity index (χ0) is 17.0. The minimum Gasteiger partial charge on any atom is -0.334 e. The van der Waals surface area contributed by atoms with Gasteiger partial charge in [-0.25, -0.2) is 12.8 Å². The van der Waals surface area contributed by atoms with Crippen molar-refractivity contribution in [3.05, 3.63) is 34.6 Å². The summed E-state index contributed by atoms with van der Waals surface area (Å²) in [5.74, 6) is -0.614. The number of benzene rings is 1. The molecule has 0 N–H and O–H groups in total. The third kappa shape index (κ3) is 4.67. The first-order valence-corrected chi connectivity index (χ1v) is 9.96. The molecule has 0 aromatic heterocycles. The van der Waals surface area contributed by atoms with Crippen molar-refractivity contribution in [1.29, 1.82) is 0 Å². The van der Waals surface area contributed by atoms with Crippen LogP contribution in [0, 0.1) is 5.82 Å². The summed E-state index contributed by atoms with van der Waals surface area (Å²) in [6.07, 6.45) is 2.31. The van der Waals surface area contributed by atoms with E-state index in [0.29, 0.717) is 12.8 Å². The molecule has 23 heavy (non-hydrogen) atoms.